The molecule has 0 aromatic heterocycles. The van der Waals surface area contributed by atoms with Crippen molar-refractivity contribution in [1.82, 2.24) is 5.32 Å². The Kier molecular flexibility index (Phi) is 4.16. The summed E-state index contributed by atoms with van der Waals surface area (Å²) in [5.41, 5.74) is 3.03. The summed E-state index contributed by atoms with van der Waals surface area (Å²) in [6.07, 6.45) is 0. The first-order valence-electron chi connectivity index (χ1n) is 6.62. The quantitative estimate of drug-likeness (QED) is 0.863. The molecule has 3 atom stereocenters. The van der Waals surface area contributed by atoms with Gasteiger partial charge in [-0.25, -0.2) is 0 Å². The molecule has 1 aliphatic rings. The number of nitrogens with one attached hydrogen (secondary N) is 1. The van der Waals surface area contributed by atoms with Crippen molar-refractivity contribution < 1.29 is 0 Å². The minimum absolute atomic E-state index is 0.511. The fraction of sp³-hybridized carbons (Fsp3) is 0.600. The molecule has 0 amide bonds. The lowest BCUT2D eigenvalue weighted by Gasteiger charge is -2.39. The largest absolute Gasteiger partial charge is 0.309 e. The second kappa shape index (κ2) is 5.45. The Morgan fingerprint density at radius 3 is 2.47 bits per heavy atom. The molecular formula is C15H23NS. The van der Waals surface area contributed by atoms with Crippen LogP contribution in [0.1, 0.15) is 50.1 Å². The first-order valence-corrected chi connectivity index (χ1v) is 7.57. The fourth-order valence-corrected chi connectivity index (χ4v) is 4.26. The molecule has 2 rings (SSSR count). The third-order valence-electron chi connectivity index (χ3n) is 3.54. The van der Waals surface area contributed by atoms with Crippen LogP contribution in [0, 0.1) is 5.92 Å². The van der Waals surface area contributed by atoms with E-state index in [9.17, 15) is 0 Å². The van der Waals surface area contributed by atoms with Crippen molar-refractivity contribution in [3.63, 3.8) is 0 Å². The molecule has 0 aliphatic carbocycles. The fourth-order valence-electron chi connectivity index (χ4n) is 2.72. The van der Waals surface area contributed by atoms with E-state index in [0.717, 1.165) is 6.54 Å². The molecule has 1 N–H and O–H groups in total. The van der Waals surface area contributed by atoms with Gasteiger partial charge in [-0.3, -0.25) is 0 Å². The van der Waals surface area contributed by atoms with E-state index in [1.807, 2.05) is 0 Å². The van der Waals surface area contributed by atoms with Crippen LogP contribution in [0.5, 0.6) is 0 Å². The van der Waals surface area contributed by atoms with Crippen molar-refractivity contribution in [2.45, 2.75) is 44.2 Å². The van der Waals surface area contributed by atoms with Crippen LogP contribution >= 0.6 is 11.8 Å². The van der Waals surface area contributed by atoms with E-state index >= 15 is 0 Å². The van der Waals surface area contributed by atoms with Crippen LogP contribution in [0.3, 0.4) is 0 Å². The average molecular weight is 249 g/mol. The molecule has 17 heavy (non-hydrogen) atoms. The zero-order chi connectivity index (χ0) is 12.4. The molecule has 3 unspecified atom stereocenters. The highest BCUT2D eigenvalue weighted by atomic mass is 32.2. The third-order valence-corrected chi connectivity index (χ3v) is 5.33. The lowest BCUT2D eigenvalue weighted by Crippen LogP contribution is -2.37. The number of hydrogen-bond donors (Lipinski definition) is 1. The summed E-state index contributed by atoms with van der Waals surface area (Å²) in [5, 5.41) is 4.97. The Morgan fingerprint density at radius 2 is 1.88 bits per heavy atom. The van der Waals surface area contributed by atoms with Crippen LogP contribution in [0.2, 0.25) is 0 Å². The molecule has 1 nitrogen and oxygen atoms in total. The lowest BCUT2D eigenvalue weighted by atomic mass is 9.91. The standard InChI is InChI=1S/C15H23NS/c1-5-16-14-13-9-7-6-8-12(13)11(4)17-15(14)10(2)3/h6-11,14-16H,5H2,1-4H3. The molecule has 94 valence electrons. The van der Waals surface area contributed by atoms with Crippen LogP contribution in [0.15, 0.2) is 24.3 Å². The highest BCUT2D eigenvalue weighted by molar-refractivity contribution is 8.00. The Balaban J connectivity index is 2.39. The second-order valence-corrected chi connectivity index (χ2v) is 6.67. The zero-order valence-corrected chi connectivity index (χ0v) is 12.1. The summed E-state index contributed by atoms with van der Waals surface area (Å²) in [6, 6.07) is 9.43. The summed E-state index contributed by atoms with van der Waals surface area (Å²) in [4.78, 5) is 0. The summed E-state index contributed by atoms with van der Waals surface area (Å²) in [7, 11) is 0. The molecule has 0 spiro atoms. The maximum atomic E-state index is 3.67. The molecule has 1 aromatic rings. The van der Waals surface area contributed by atoms with Crippen molar-refractivity contribution >= 4 is 11.8 Å². The van der Waals surface area contributed by atoms with Gasteiger partial charge in [-0.2, -0.15) is 0 Å². The van der Waals surface area contributed by atoms with E-state index in [4.69, 9.17) is 0 Å². The molecular weight excluding hydrogens is 226 g/mol. The van der Waals surface area contributed by atoms with Crippen molar-refractivity contribution in [2.24, 2.45) is 5.92 Å². The Hall–Kier alpha value is -0.470. The molecule has 1 aliphatic heterocycles. The van der Waals surface area contributed by atoms with E-state index < -0.39 is 0 Å². The summed E-state index contributed by atoms with van der Waals surface area (Å²) in [6.45, 7) is 10.2. The van der Waals surface area contributed by atoms with Gasteiger partial charge in [-0.05, 0) is 30.5 Å². The van der Waals surface area contributed by atoms with E-state index in [2.05, 4.69) is 69.0 Å². The molecule has 0 fully saturated rings. The van der Waals surface area contributed by atoms with Gasteiger partial charge in [0.25, 0.3) is 0 Å². The van der Waals surface area contributed by atoms with Gasteiger partial charge < -0.3 is 5.32 Å². The second-order valence-electron chi connectivity index (χ2n) is 5.15. The Labute approximate surface area is 109 Å². The number of benzene rings is 1. The predicted octanol–water partition coefficient (Wildman–Crippen LogP) is 4.17. The predicted molar refractivity (Wildman–Crippen MR) is 77.5 cm³/mol. The van der Waals surface area contributed by atoms with Crippen LogP contribution in [0.4, 0.5) is 0 Å². The summed E-state index contributed by atoms with van der Waals surface area (Å²) >= 11 is 2.12. The molecule has 0 saturated heterocycles. The smallest absolute Gasteiger partial charge is 0.0446 e. The Bertz CT molecular complexity index is 375. The molecule has 0 saturated carbocycles. The first kappa shape index (κ1) is 13.0. The summed E-state index contributed by atoms with van der Waals surface area (Å²) < 4.78 is 0. The minimum Gasteiger partial charge on any atom is -0.309 e. The number of rotatable bonds is 3. The van der Waals surface area contributed by atoms with Gasteiger partial charge >= 0.3 is 0 Å². The van der Waals surface area contributed by atoms with E-state index in [1.54, 1.807) is 0 Å². The first-order chi connectivity index (χ1) is 8.15. The molecule has 1 aromatic carbocycles. The van der Waals surface area contributed by atoms with Gasteiger partial charge in [0.1, 0.15) is 0 Å². The third kappa shape index (κ3) is 2.53. The van der Waals surface area contributed by atoms with Crippen LogP contribution < -0.4 is 5.32 Å². The minimum atomic E-state index is 0.511. The van der Waals surface area contributed by atoms with Gasteiger partial charge in [-0.15, -0.1) is 11.8 Å². The lowest BCUT2D eigenvalue weighted by molar-refractivity contribution is 0.444. The van der Waals surface area contributed by atoms with Gasteiger partial charge in [0.2, 0.25) is 0 Å². The maximum absolute atomic E-state index is 3.67. The van der Waals surface area contributed by atoms with Crippen molar-refractivity contribution in [3.05, 3.63) is 35.4 Å². The van der Waals surface area contributed by atoms with E-state index in [1.165, 1.54) is 11.1 Å². The van der Waals surface area contributed by atoms with Crippen LogP contribution in [-0.2, 0) is 0 Å². The van der Waals surface area contributed by atoms with Gasteiger partial charge in [-0.1, -0.05) is 45.0 Å². The molecule has 2 heteroatoms. The molecule has 1 heterocycles. The highest BCUT2D eigenvalue weighted by Crippen LogP contribution is 2.47. The van der Waals surface area contributed by atoms with Gasteiger partial charge in [0.05, 0.1) is 0 Å². The monoisotopic (exact) mass is 249 g/mol. The average Bonchev–Trinajstić information content (AvgIpc) is 2.32. The topological polar surface area (TPSA) is 12.0 Å². The van der Waals surface area contributed by atoms with Gasteiger partial charge in [0.15, 0.2) is 0 Å². The maximum Gasteiger partial charge on any atom is 0.0446 e. The Morgan fingerprint density at radius 1 is 1.24 bits per heavy atom. The number of thioether (sulfide) groups is 1. The van der Waals surface area contributed by atoms with Crippen molar-refractivity contribution in [2.75, 3.05) is 6.54 Å². The van der Waals surface area contributed by atoms with Crippen molar-refractivity contribution in [3.8, 4) is 0 Å². The van der Waals surface area contributed by atoms with Crippen LogP contribution in [-0.4, -0.2) is 11.8 Å². The zero-order valence-electron chi connectivity index (χ0n) is 11.2. The normalized spacial score (nSPS) is 28.2. The molecule has 0 radical (unpaired) electrons. The summed E-state index contributed by atoms with van der Waals surface area (Å²) in [5.74, 6) is 0.708. The van der Waals surface area contributed by atoms with Crippen LogP contribution in [0.25, 0.3) is 0 Å². The van der Waals surface area contributed by atoms with E-state index in [0.29, 0.717) is 22.5 Å². The number of hydrogen-bond acceptors (Lipinski definition) is 2. The van der Waals surface area contributed by atoms with Crippen molar-refractivity contribution in [1.29, 1.82) is 0 Å². The SMILES string of the molecule is CCNC1c2ccccc2C(C)SC1C(C)C. The van der Waals surface area contributed by atoms with Gasteiger partial charge in [0, 0.05) is 16.5 Å². The number of fused-ring (bicyclic) bond motifs is 1. The molecule has 0 bridgehead atoms. The van der Waals surface area contributed by atoms with E-state index in [-0.39, 0.29) is 0 Å². The highest BCUT2D eigenvalue weighted by Gasteiger charge is 2.34.